The number of nitrogens with two attached hydrogens (primary N) is 1. The molecule has 0 saturated carbocycles. The molecule has 0 saturated heterocycles. The van der Waals surface area contributed by atoms with Gasteiger partial charge in [0.2, 0.25) is 0 Å². The Morgan fingerprint density at radius 3 is 2.20 bits per heavy atom. The van der Waals surface area contributed by atoms with Crippen LogP contribution >= 0.6 is 0 Å². The van der Waals surface area contributed by atoms with Gasteiger partial charge in [-0.25, -0.2) is 0 Å². The van der Waals surface area contributed by atoms with E-state index in [-0.39, 0.29) is 5.54 Å². The summed E-state index contributed by atoms with van der Waals surface area (Å²) in [7, 11) is 0. The summed E-state index contributed by atoms with van der Waals surface area (Å²) < 4.78 is 0. The van der Waals surface area contributed by atoms with Crippen molar-refractivity contribution in [1.82, 2.24) is 0 Å². The van der Waals surface area contributed by atoms with Gasteiger partial charge < -0.3 is 10.8 Å². The number of rotatable bonds is 2. The van der Waals surface area contributed by atoms with Crippen LogP contribution in [0.3, 0.4) is 0 Å². The SMILES string of the molecule is Cc1cc(O)c(C(C)C)cc1C(C)(C)N. The number of benzene rings is 1. The second-order valence-electron chi connectivity index (χ2n) is 5.10. The minimum atomic E-state index is -0.360. The third-order valence-electron chi connectivity index (χ3n) is 2.69. The molecule has 0 spiro atoms. The van der Waals surface area contributed by atoms with Gasteiger partial charge in [-0.1, -0.05) is 13.8 Å². The van der Waals surface area contributed by atoms with Gasteiger partial charge in [-0.15, -0.1) is 0 Å². The fourth-order valence-electron chi connectivity index (χ4n) is 1.87. The van der Waals surface area contributed by atoms with Crippen molar-refractivity contribution in [3.05, 3.63) is 28.8 Å². The predicted octanol–water partition coefficient (Wildman–Crippen LogP) is 3.02. The summed E-state index contributed by atoms with van der Waals surface area (Å²) in [5, 5.41) is 9.81. The first kappa shape index (κ1) is 12.1. The quantitative estimate of drug-likeness (QED) is 0.783. The predicted molar refractivity (Wildman–Crippen MR) is 64.1 cm³/mol. The Morgan fingerprint density at radius 2 is 1.80 bits per heavy atom. The lowest BCUT2D eigenvalue weighted by atomic mass is 9.87. The lowest BCUT2D eigenvalue weighted by Crippen LogP contribution is -2.29. The Kier molecular flexibility index (Phi) is 3.10. The molecule has 0 amide bonds. The Balaban J connectivity index is 3.37. The van der Waals surface area contributed by atoms with Crippen LogP contribution in [0.2, 0.25) is 0 Å². The lowest BCUT2D eigenvalue weighted by Gasteiger charge is -2.24. The maximum Gasteiger partial charge on any atom is 0.119 e. The Labute approximate surface area is 92.1 Å². The Morgan fingerprint density at radius 1 is 1.27 bits per heavy atom. The van der Waals surface area contributed by atoms with E-state index in [1.165, 1.54) is 0 Å². The monoisotopic (exact) mass is 207 g/mol. The van der Waals surface area contributed by atoms with Gasteiger partial charge in [0.15, 0.2) is 0 Å². The number of aryl methyl sites for hydroxylation is 1. The van der Waals surface area contributed by atoms with Crippen LogP contribution in [0.4, 0.5) is 0 Å². The van der Waals surface area contributed by atoms with Crippen molar-refractivity contribution in [2.45, 2.75) is 46.1 Å². The molecule has 0 aliphatic rings. The molecule has 84 valence electrons. The van der Waals surface area contributed by atoms with Crippen molar-refractivity contribution >= 4 is 0 Å². The molecule has 3 N–H and O–H groups in total. The van der Waals surface area contributed by atoms with Gasteiger partial charge in [0.25, 0.3) is 0 Å². The van der Waals surface area contributed by atoms with Crippen LogP contribution in [0, 0.1) is 6.92 Å². The van der Waals surface area contributed by atoms with Crippen LogP contribution in [0.15, 0.2) is 12.1 Å². The van der Waals surface area contributed by atoms with Crippen LogP contribution in [0.5, 0.6) is 5.75 Å². The van der Waals surface area contributed by atoms with Gasteiger partial charge in [0, 0.05) is 5.54 Å². The molecule has 1 aromatic rings. The molecule has 2 heteroatoms. The summed E-state index contributed by atoms with van der Waals surface area (Å²) >= 11 is 0. The minimum Gasteiger partial charge on any atom is -0.508 e. The Hall–Kier alpha value is -1.02. The van der Waals surface area contributed by atoms with Gasteiger partial charge >= 0.3 is 0 Å². The average Bonchev–Trinajstić information content (AvgIpc) is 2.00. The number of phenolic OH excluding ortho intramolecular Hbond substituents is 1. The molecule has 0 heterocycles. The number of phenols is 1. The van der Waals surface area contributed by atoms with E-state index in [0.29, 0.717) is 11.7 Å². The molecule has 15 heavy (non-hydrogen) atoms. The second kappa shape index (κ2) is 3.86. The zero-order valence-electron chi connectivity index (χ0n) is 10.3. The number of hydrogen-bond acceptors (Lipinski definition) is 2. The van der Waals surface area contributed by atoms with E-state index in [1.54, 1.807) is 6.07 Å². The summed E-state index contributed by atoms with van der Waals surface area (Å²) in [4.78, 5) is 0. The van der Waals surface area contributed by atoms with Crippen LogP contribution in [0.1, 0.15) is 50.3 Å². The van der Waals surface area contributed by atoms with Crippen molar-refractivity contribution in [2.75, 3.05) is 0 Å². The molecule has 0 atom stereocenters. The number of aromatic hydroxyl groups is 1. The third-order valence-corrected chi connectivity index (χ3v) is 2.69. The summed E-state index contributed by atoms with van der Waals surface area (Å²) in [6.45, 7) is 10.1. The average molecular weight is 207 g/mol. The second-order valence-corrected chi connectivity index (χ2v) is 5.10. The molecular formula is C13H21NO. The number of hydrogen-bond donors (Lipinski definition) is 2. The van der Waals surface area contributed by atoms with E-state index in [9.17, 15) is 5.11 Å². The standard InChI is InChI=1S/C13H21NO/c1-8(2)10-7-11(13(4,5)14)9(3)6-12(10)15/h6-8,15H,14H2,1-5H3. The van der Waals surface area contributed by atoms with Crippen LogP contribution in [-0.2, 0) is 5.54 Å². The van der Waals surface area contributed by atoms with Crippen LogP contribution in [0.25, 0.3) is 0 Å². The first-order chi connectivity index (χ1) is 6.73. The van der Waals surface area contributed by atoms with Crippen molar-refractivity contribution in [3.63, 3.8) is 0 Å². The zero-order chi connectivity index (χ0) is 11.8. The van der Waals surface area contributed by atoms with Gasteiger partial charge in [-0.3, -0.25) is 0 Å². The summed E-state index contributed by atoms with van der Waals surface area (Å²) in [5.74, 6) is 0.683. The fraction of sp³-hybridized carbons (Fsp3) is 0.538. The molecule has 1 rings (SSSR count). The van der Waals surface area contributed by atoms with Crippen LogP contribution < -0.4 is 5.73 Å². The fourth-order valence-corrected chi connectivity index (χ4v) is 1.87. The molecule has 0 unspecified atom stereocenters. The van der Waals surface area contributed by atoms with Crippen molar-refractivity contribution in [1.29, 1.82) is 0 Å². The lowest BCUT2D eigenvalue weighted by molar-refractivity contribution is 0.461. The summed E-state index contributed by atoms with van der Waals surface area (Å²) in [6.07, 6.45) is 0. The molecule has 1 aromatic carbocycles. The maximum atomic E-state index is 9.81. The zero-order valence-corrected chi connectivity index (χ0v) is 10.3. The van der Waals surface area contributed by atoms with E-state index in [1.807, 2.05) is 26.8 Å². The first-order valence-electron chi connectivity index (χ1n) is 5.36. The van der Waals surface area contributed by atoms with Gasteiger partial charge in [-0.05, 0) is 55.5 Å². The molecule has 0 aliphatic heterocycles. The van der Waals surface area contributed by atoms with E-state index >= 15 is 0 Å². The smallest absolute Gasteiger partial charge is 0.119 e. The van der Waals surface area contributed by atoms with E-state index < -0.39 is 0 Å². The molecule has 0 bridgehead atoms. The summed E-state index contributed by atoms with van der Waals surface area (Å²) in [6, 6.07) is 3.83. The third kappa shape index (κ3) is 2.51. The van der Waals surface area contributed by atoms with E-state index in [4.69, 9.17) is 5.73 Å². The highest BCUT2D eigenvalue weighted by Crippen LogP contribution is 2.32. The topological polar surface area (TPSA) is 46.2 Å². The van der Waals surface area contributed by atoms with Gasteiger partial charge in [-0.2, -0.15) is 0 Å². The maximum absolute atomic E-state index is 9.81. The first-order valence-corrected chi connectivity index (χ1v) is 5.36. The molecule has 0 aromatic heterocycles. The van der Waals surface area contributed by atoms with E-state index in [2.05, 4.69) is 13.8 Å². The van der Waals surface area contributed by atoms with Crippen molar-refractivity contribution in [2.24, 2.45) is 5.73 Å². The van der Waals surface area contributed by atoms with Crippen LogP contribution in [-0.4, -0.2) is 5.11 Å². The molecule has 0 radical (unpaired) electrons. The molecule has 2 nitrogen and oxygen atoms in total. The summed E-state index contributed by atoms with van der Waals surface area (Å²) in [5.41, 5.74) is 8.85. The normalized spacial score (nSPS) is 12.2. The van der Waals surface area contributed by atoms with Gasteiger partial charge in [0.1, 0.15) is 5.75 Å². The highest BCUT2D eigenvalue weighted by Gasteiger charge is 2.19. The largest absolute Gasteiger partial charge is 0.508 e. The van der Waals surface area contributed by atoms with Gasteiger partial charge in [0.05, 0.1) is 0 Å². The molecule has 0 fully saturated rings. The van der Waals surface area contributed by atoms with Crippen molar-refractivity contribution in [3.8, 4) is 5.75 Å². The molecule has 0 aliphatic carbocycles. The van der Waals surface area contributed by atoms with Crippen molar-refractivity contribution < 1.29 is 5.11 Å². The highest BCUT2D eigenvalue weighted by atomic mass is 16.3. The Bertz CT molecular complexity index is 362. The highest BCUT2D eigenvalue weighted by molar-refractivity contribution is 5.45. The minimum absolute atomic E-state index is 0.312. The van der Waals surface area contributed by atoms with E-state index in [0.717, 1.165) is 16.7 Å². The molecular weight excluding hydrogens is 186 g/mol.